The van der Waals surface area contributed by atoms with Crippen LogP contribution >= 0.6 is 0 Å². The van der Waals surface area contributed by atoms with E-state index in [1.165, 1.54) is 17.6 Å². The summed E-state index contributed by atoms with van der Waals surface area (Å²) in [6.07, 6.45) is -0.279. The highest BCUT2D eigenvalue weighted by atomic mass is 19.1. The Balaban J connectivity index is 1.54. The second-order valence-corrected chi connectivity index (χ2v) is 8.86. The number of carbonyl (C=O) groups is 3. The van der Waals surface area contributed by atoms with Gasteiger partial charge in [-0.15, -0.1) is 0 Å². The summed E-state index contributed by atoms with van der Waals surface area (Å²) >= 11 is 0. The maximum atomic E-state index is 15.7. The van der Waals surface area contributed by atoms with Crippen LogP contribution in [0.3, 0.4) is 0 Å². The van der Waals surface area contributed by atoms with Gasteiger partial charge in [-0.25, -0.2) is 18.9 Å². The average Bonchev–Trinajstić information content (AvgIpc) is 3.44. The van der Waals surface area contributed by atoms with Crippen LogP contribution in [-0.2, 0) is 27.3 Å². The molecule has 0 saturated carbocycles. The lowest BCUT2D eigenvalue weighted by Gasteiger charge is -2.56. The molecule has 0 radical (unpaired) electrons. The average molecular weight is 469 g/mol. The number of morpholine rings is 1. The topological polar surface area (TPSA) is 144 Å². The second-order valence-electron chi connectivity index (χ2n) is 8.86. The molecule has 2 N–H and O–H groups in total. The minimum Gasteiger partial charge on any atom is -0.368 e. The van der Waals surface area contributed by atoms with Crippen molar-refractivity contribution < 1.29 is 28.0 Å². The Kier molecular flexibility index (Phi) is 4.30. The predicted octanol–water partition coefficient (Wildman–Crippen LogP) is 0.654. The third-order valence-electron chi connectivity index (χ3n) is 6.87. The molecular weight excluding hydrogens is 449 g/mol. The monoisotopic (exact) mass is 469 g/mol. The SMILES string of the molecule is C[C@@H]1O[C@H](C)[C@@H]2N(c3cc4onc(Cn5cncn5)c4cc3CC23C(=O)NC(=O)NC3=O)C1F. The zero-order valence-electron chi connectivity index (χ0n) is 18.2. The molecule has 2 saturated heterocycles. The summed E-state index contributed by atoms with van der Waals surface area (Å²) in [6.45, 7) is 3.56. The number of nitrogens with one attached hydrogen (secondary N) is 2. The van der Waals surface area contributed by atoms with Crippen LogP contribution in [0.1, 0.15) is 25.1 Å². The molecule has 1 aromatic carbocycles. The number of ether oxygens (including phenoxy) is 1. The van der Waals surface area contributed by atoms with E-state index >= 15 is 4.39 Å². The first kappa shape index (κ1) is 20.7. The molecule has 1 unspecified atom stereocenters. The summed E-state index contributed by atoms with van der Waals surface area (Å²) in [5.41, 5.74) is 0.249. The molecule has 2 aromatic heterocycles. The van der Waals surface area contributed by atoms with Crippen molar-refractivity contribution in [3.05, 3.63) is 36.0 Å². The third-order valence-corrected chi connectivity index (χ3v) is 6.87. The molecule has 34 heavy (non-hydrogen) atoms. The maximum absolute atomic E-state index is 15.7. The van der Waals surface area contributed by atoms with Gasteiger partial charge in [-0.1, -0.05) is 5.16 Å². The normalized spacial score (nSPS) is 28.0. The summed E-state index contributed by atoms with van der Waals surface area (Å²) in [6, 6.07) is 1.52. The van der Waals surface area contributed by atoms with Crippen LogP contribution < -0.4 is 15.5 Å². The first-order valence-electron chi connectivity index (χ1n) is 10.8. The number of carbonyl (C=O) groups excluding carboxylic acids is 3. The molecule has 3 aromatic rings. The van der Waals surface area contributed by atoms with Crippen molar-refractivity contribution in [3.8, 4) is 0 Å². The standard InChI is InChI=1S/C21H20FN7O5/c1-9-16-21(18(30)25-20(32)26-19(21)31)5-11-3-12-13(6-28-8-23-7-24-28)27-34-15(12)4-14(11)29(16)17(22)10(2)33-9/h3-4,7-10,16-17H,5-6H2,1-2H3,(H2,25,26,30,31,32)/t9-,10+,16+,17?/m1/s1. The minimum absolute atomic E-state index is 0.0624. The van der Waals surface area contributed by atoms with Crippen molar-refractivity contribution in [3.63, 3.8) is 0 Å². The first-order chi connectivity index (χ1) is 16.3. The van der Waals surface area contributed by atoms with E-state index in [-0.39, 0.29) is 13.0 Å². The molecule has 0 aliphatic carbocycles. The fraction of sp³-hybridized carbons (Fsp3) is 0.429. The number of barbiturate groups is 1. The molecule has 3 aliphatic heterocycles. The number of aromatic nitrogens is 4. The Labute approximate surface area is 191 Å². The number of urea groups is 1. The summed E-state index contributed by atoms with van der Waals surface area (Å²) in [4.78, 5) is 43.6. The van der Waals surface area contributed by atoms with Gasteiger partial charge in [0.05, 0.1) is 18.7 Å². The lowest BCUT2D eigenvalue weighted by atomic mass is 9.66. The number of rotatable bonds is 2. The van der Waals surface area contributed by atoms with E-state index in [0.717, 1.165) is 0 Å². The Morgan fingerprint density at radius 2 is 1.94 bits per heavy atom. The van der Waals surface area contributed by atoms with Crippen LogP contribution in [-0.4, -0.2) is 62.3 Å². The van der Waals surface area contributed by atoms with Gasteiger partial charge < -0.3 is 14.2 Å². The van der Waals surface area contributed by atoms with Crippen molar-refractivity contribution in [1.29, 1.82) is 0 Å². The van der Waals surface area contributed by atoms with E-state index in [1.54, 1.807) is 30.7 Å². The van der Waals surface area contributed by atoms with Crippen molar-refractivity contribution in [2.24, 2.45) is 5.41 Å². The number of amides is 4. The molecule has 4 amide bonds. The zero-order chi connectivity index (χ0) is 23.8. The number of hydrogen-bond donors (Lipinski definition) is 2. The predicted molar refractivity (Wildman–Crippen MR) is 112 cm³/mol. The van der Waals surface area contributed by atoms with Gasteiger partial charge in [0.25, 0.3) is 0 Å². The molecule has 13 heteroatoms. The molecule has 6 rings (SSSR count). The van der Waals surface area contributed by atoms with Crippen molar-refractivity contribution in [2.45, 2.75) is 51.4 Å². The number of anilines is 1. The second kappa shape index (κ2) is 7.06. The molecule has 3 aliphatic rings. The molecule has 4 atom stereocenters. The number of nitrogens with zero attached hydrogens (tertiary/aromatic N) is 5. The van der Waals surface area contributed by atoms with Crippen molar-refractivity contribution in [2.75, 3.05) is 4.90 Å². The van der Waals surface area contributed by atoms with E-state index < -0.39 is 47.8 Å². The minimum atomic E-state index is -1.78. The number of benzene rings is 1. The molecule has 176 valence electrons. The molecular formula is C21H20FN7O5. The number of alkyl halides is 1. The summed E-state index contributed by atoms with van der Waals surface area (Å²) in [5.74, 6) is -1.57. The summed E-state index contributed by atoms with van der Waals surface area (Å²) in [7, 11) is 0. The van der Waals surface area contributed by atoms with Crippen LogP contribution in [0.25, 0.3) is 11.0 Å². The Bertz CT molecular complexity index is 1320. The van der Waals surface area contributed by atoms with Gasteiger partial charge in [0.2, 0.25) is 11.8 Å². The van der Waals surface area contributed by atoms with Crippen LogP contribution in [0, 0.1) is 5.41 Å². The fourth-order valence-electron chi connectivity index (χ4n) is 5.43. The van der Waals surface area contributed by atoms with E-state index in [0.29, 0.717) is 27.9 Å². The third kappa shape index (κ3) is 2.73. The number of hydrogen-bond acceptors (Lipinski definition) is 9. The van der Waals surface area contributed by atoms with Crippen molar-refractivity contribution >= 4 is 34.5 Å². The highest BCUT2D eigenvalue weighted by Gasteiger charge is 2.64. The van der Waals surface area contributed by atoms with Gasteiger partial charge in [0.1, 0.15) is 24.5 Å². The van der Waals surface area contributed by atoms with Gasteiger partial charge >= 0.3 is 6.03 Å². The van der Waals surface area contributed by atoms with Crippen LogP contribution in [0.5, 0.6) is 0 Å². The van der Waals surface area contributed by atoms with Gasteiger partial charge in [-0.3, -0.25) is 20.2 Å². The highest BCUT2D eigenvalue weighted by Crippen LogP contribution is 2.49. The van der Waals surface area contributed by atoms with E-state index in [9.17, 15) is 14.4 Å². The van der Waals surface area contributed by atoms with E-state index in [2.05, 4.69) is 25.9 Å². The van der Waals surface area contributed by atoms with E-state index in [1.807, 2.05) is 0 Å². The molecule has 12 nitrogen and oxygen atoms in total. The van der Waals surface area contributed by atoms with Crippen LogP contribution in [0.2, 0.25) is 0 Å². The van der Waals surface area contributed by atoms with Crippen LogP contribution in [0.4, 0.5) is 14.9 Å². The Morgan fingerprint density at radius 3 is 2.65 bits per heavy atom. The Morgan fingerprint density at radius 1 is 1.18 bits per heavy atom. The highest BCUT2D eigenvalue weighted by molar-refractivity contribution is 6.20. The quantitative estimate of drug-likeness (QED) is 0.408. The van der Waals surface area contributed by atoms with Crippen LogP contribution in [0.15, 0.2) is 29.3 Å². The zero-order valence-corrected chi connectivity index (χ0v) is 18.2. The molecule has 1 spiro atoms. The lowest BCUT2D eigenvalue weighted by molar-refractivity contribution is -0.159. The molecule has 2 fully saturated rings. The smallest absolute Gasteiger partial charge is 0.328 e. The largest absolute Gasteiger partial charge is 0.368 e. The van der Waals surface area contributed by atoms with Crippen molar-refractivity contribution in [1.82, 2.24) is 30.6 Å². The molecule has 5 heterocycles. The Hall–Kier alpha value is -3.87. The maximum Gasteiger partial charge on any atom is 0.328 e. The van der Waals surface area contributed by atoms with Gasteiger partial charge in [0, 0.05) is 17.1 Å². The first-order valence-corrected chi connectivity index (χ1v) is 10.8. The number of fused-ring (bicyclic) bond motifs is 5. The summed E-state index contributed by atoms with van der Waals surface area (Å²) in [5, 5.41) is 13.2. The summed E-state index contributed by atoms with van der Waals surface area (Å²) < 4.78 is 28.6. The molecule has 0 bridgehead atoms. The lowest BCUT2D eigenvalue weighted by Crippen LogP contribution is -2.76. The fourth-order valence-corrected chi connectivity index (χ4v) is 5.43. The van der Waals surface area contributed by atoms with Gasteiger partial charge in [-0.2, -0.15) is 5.10 Å². The van der Waals surface area contributed by atoms with Gasteiger partial charge in [0.15, 0.2) is 17.3 Å². The van der Waals surface area contributed by atoms with Gasteiger partial charge in [-0.05, 0) is 31.9 Å². The van der Waals surface area contributed by atoms with E-state index in [4.69, 9.17) is 9.26 Å². The number of halogens is 1. The number of imide groups is 2.